The second kappa shape index (κ2) is 10.5. The van der Waals surface area contributed by atoms with Crippen molar-refractivity contribution < 1.29 is 12.8 Å². The number of pyridine rings is 1. The second-order valence-corrected chi connectivity index (χ2v) is 12.6. The molecule has 0 spiro atoms. The molecule has 0 saturated carbocycles. The van der Waals surface area contributed by atoms with Crippen LogP contribution in [0.1, 0.15) is 50.7 Å². The van der Waals surface area contributed by atoms with Crippen molar-refractivity contribution in [1.82, 2.24) is 29.8 Å². The molecule has 0 aromatic carbocycles. The summed E-state index contributed by atoms with van der Waals surface area (Å²) in [6.07, 6.45) is 4.66. The molecule has 3 N–H and O–H groups in total. The summed E-state index contributed by atoms with van der Waals surface area (Å²) in [7, 11) is -1.58. The van der Waals surface area contributed by atoms with E-state index in [0.29, 0.717) is 23.0 Å². The molecule has 3 aromatic heterocycles. The lowest BCUT2D eigenvalue weighted by Crippen LogP contribution is -2.34. The van der Waals surface area contributed by atoms with Crippen LogP contribution in [0, 0.1) is 12.9 Å². The molecule has 11 nitrogen and oxygen atoms in total. The molecule has 1 saturated heterocycles. The van der Waals surface area contributed by atoms with Gasteiger partial charge in [0.1, 0.15) is 29.6 Å². The summed E-state index contributed by atoms with van der Waals surface area (Å²) in [5.74, 6) is 1.08. The van der Waals surface area contributed by atoms with Crippen molar-refractivity contribution in [3.63, 3.8) is 0 Å². The highest BCUT2D eigenvalue weighted by Crippen LogP contribution is 2.30. The molecule has 0 unspecified atom stereocenters. The van der Waals surface area contributed by atoms with Crippen molar-refractivity contribution >= 4 is 39.2 Å². The number of nitrogens with one attached hydrogen (secondary N) is 3. The highest BCUT2D eigenvalue weighted by atomic mass is 32.2. The van der Waals surface area contributed by atoms with Gasteiger partial charge in [0.05, 0.1) is 4.75 Å². The van der Waals surface area contributed by atoms with Gasteiger partial charge in [0.25, 0.3) is 0 Å². The first-order valence-electron chi connectivity index (χ1n) is 12.0. The Labute approximate surface area is 216 Å². The predicted molar refractivity (Wildman–Crippen MR) is 141 cm³/mol. The largest absolute Gasteiger partial charge is 0.324 e. The lowest BCUT2D eigenvalue weighted by atomic mass is 9.90. The van der Waals surface area contributed by atoms with Gasteiger partial charge in [-0.25, -0.2) is 28.4 Å². The fourth-order valence-electron chi connectivity index (χ4n) is 3.78. The Morgan fingerprint density at radius 1 is 1.00 bits per heavy atom. The van der Waals surface area contributed by atoms with Gasteiger partial charge < -0.3 is 15.5 Å². The lowest BCUT2D eigenvalue weighted by molar-refractivity contribution is 0.252. The molecular weight excluding hydrogens is 497 g/mol. The number of aromatic nitrogens is 5. The molecule has 13 heteroatoms. The van der Waals surface area contributed by atoms with Gasteiger partial charge in [-0.1, -0.05) is 6.07 Å². The monoisotopic (exact) mass is 529 g/mol. The molecule has 0 amide bonds. The van der Waals surface area contributed by atoms with Crippen LogP contribution >= 0.6 is 0 Å². The molecule has 3 aromatic rings. The quantitative estimate of drug-likeness (QED) is 0.386. The fourth-order valence-corrected chi connectivity index (χ4v) is 4.47. The van der Waals surface area contributed by atoms with Crippen LogP contribution in [0.4, 0.5) is 33.6 Å². The number of likely N-dealkylation sites (tertiary alicyclic amines) is 1. The average molecular weight is 530 g/mol. The van der Waals surface area contributed by atoms with Gasteiger partial charge >= 0.3 is 0 Å². The number of anilines is 5. The Morgan fingerprint density at radius 2 is 1.70 bits per heavy atom. The molecular formula is C24H32FN9O2S. The normalized spacial score (nSPS) is 15.4. The second-order valence-electron chi connectivity index (χ2n) is 10.1. The maximum Gasteiger partial charge on any atom is 0.238 e. The molecule has 4 rings (SSSR count). The Morgan fingerprint density at radius 3 is 2.38 bits per heavy atom. The van der Waals surface area contributed by atoms with Crippen molar-refractivity contribution in [3.05, 3.63) is 47.8 Å². The highest BCUT2D eigenvalue weighted by molar-refractivity contribution is 7.94. The van der Waals surface area contributed by atoms with Crippen LogP contribution in [0.3, 0.4) is 0 Å². The van der Waals surface area contributed by atoms with Crippen molar-refractivity contribution in [1.29, 1.82) is 0 Å². The van der Waals surface area contributed by atoms with Crippen LogP contribution < -0.4 is 15.4 Å². The van der Waals surface area contributed by atoms with E-state index in [4.69, 9.17) is 0 Å². The van der Waals surface area contributed by atoms with E-state index in [0.717, 1.165) is 31.5 Å². The zero-order valence-corrected chi connectivity index (χ0v) is 22.4. The van der Waals surface area contributed by atoms with Gasteiger partial charge in [-0.15, -0.1) is 0 Å². The Kier molecular flexibility index (Phi) is 7.55. The van der Waals surface area contributed by atoms with Crippen LogP contribution in [0.15, 0.2) is 30.7 Å². The van der Waals surface area contributed by atoms with Gasteiger partial charge in [0, 0.05) is 23.4 Å². The summed E-state index contributed by atoms with van der Waals surface area (Å²) in [6, 6.07) is 4.97. The van der Waals surface area contributed by atoms with Crippen LogP contribution in [-0.2, 0) is 10.0 Å². The standard InChI is InChI=1S/C24H32FN9O2S/c1-15-13-26-23(31-18-7-6-17(21(25)29-18)16-8-10-34(5)11-9-16)32-22(15)30-19-12-20(28-14-27-19)33-37(35,36)24(2,3)4/h6-7,12-14,16H,8-11H2,1-5H3,(H3,26,27,28,29,30,31,32,33). The summed E-state index contributed by atoms with van der Waals surface area (Å²) < 4.78 is 41.2. The number of hydrogen-bond acceptors (Lipinski definition) is 10. The molecule has 4 heterocycles. The molecule has 1 aliphatic heterocycles. The molecule has 0 radical (unpaired) electrons. The van der Waals surface area contributed by atoms with E-state index in [1.165, 1.54) is 12.4 Å². The summed E-state index contributed by atoms with van der Waals surface area (Å²) >= 11 is 0. The van der Waals surface area contributed by atoms with Gasteiger partial charge in [0.2, 0.25) is 21.9 Å². The van der Waals surface area contributed by atoms with E-state index in [-0.39, 0.29) is 17.7 Å². The third kappa shape index (κ3) is 6.46. The maximum atomic E-state index is 14.8. The van der Waals surface area contributed by atoms with Crippen molar-refractivity contribution in [2.45, 2.75) is 51.2 Å². The Bertz CT molecular complexity index is 1370. The number of rotatable bonds is 7. The van der Waals surface area contributed by atoms with E-state index in [2.05, 4.69) is 52.2 Å². The third-order valence-electron chi connectivity index (χ3n) is 6.21. The minimum atomic E-state index is -3.65. The van der Waals surface area contributed by atoms with E-state index in [1.54, 1.807) is 39.1 Å². The molecule has 0 bridgehead atoms. The fraction of sp³-hybridized carbons (Fsp3) is 0.458. The maximum absolute atomic E-state index is 14.8. The number of hydrogen-bond donors (Lipinski definition) is 3. The summed E-state index contributed by atoms with van der Waals surface area (Å²) in [4.78, 5) is 23.2. The molecule has 37 heavy (non-hydrogen) atoms. The van der Waals surface area contributed by atoms with E-state index >= 15 is 0 Å². The van der Waals surface area contributed by atoms with E-state index in [9.17, 15) is 12.8 Å². The zero-order chi connectivity index (χ0) is 26.8. The SMILES string of the molecule is Cc1cnc(Nc2ccc(C3CCN(C)CC3)c(F)n2)nc1Nc1cc(NS(=O)(=O)C(C)(C)C)ncn1. The van der Waals surface area contributed by atoms with Crippen molar-refractivity contribution in [2.24, 2.45) is 0 Å². The van der Waals surface area contributed by atoms with Crippen molar-refractivity contribution in [3.8, 4) is 0 Å². The number of nitrogens with zero attached hydrogens (tertiary/aromatic N) is 6. The molecule has 1 aliphatic rings. The third-order valence-corrected chi connectivity index (χ3v) is 8.30. The highest BCUT2D eigenvalue weighted by Gasteiger charge is 2.29. The molecule has 0 atom stereocenters. The predicted octanol–water partition coefficient (Wildman–Crippen LogP) is 3.95. The Hall–Kier alpha value is -3.45. The zero-order valence-electron chi connectivity index (χ0n) is 21.6. The van der Waals surface area contributed by atoms with Crippen LogP contribution in [0.5, 0.6) is 0 Å². The first-order valence-corrected chi connectivity index (χ1v) is 13.5. The first-order chi connectivity index (χ1) is 17.4. The number of piperidine rings is 1. The number of sulfonamides is 1. The van der Waals surface area contributed by atoms with Gasteiger partial charge in [-0.05, 0) is 72.7 Å². The lowest BCUT2D eigenvalue weighted by Gasteiger charge is -2.29. The molecule has 198 valence electrons. The van der Waals surface area contributed by atoms with Crippen LogP contribution in [0.2, 0.25) is 0 Å². The van der Waals surface area contributed by atoms with Crippen LogP contribution in [0.25, 0.3) is 0 Å². The molecule has 0 aliphatic carbocycles. The summed E-state index contributed by atoms with van der Waals surface area (Å²) in [5.41, 5.74) is 1.35. The Balaban J connectivity index is 1.48. The van der Waals surface area contributed by atoms with Gasteiger partial charge in [-0.3, -0.25) is 4.72 Å². The molecule has 1 fully saturated rings. The van der Waals surface area contributed by atoms with Gasteiger partial charge in [-0.2, -0.15) is 9.37 Å². The van der Waals surface area contributed by atoms with Gasteiger partial charge in [0.15, 0.2) is 0 Å². The summed E-state index contributed by atoms with van der Waals surface area (Å²) in [6.45, 7) is 8.47. The van der Waals surface area contributed by atoms with Crippen molar-refractivity contribution in [2.75, 3.05) is 35.5 Å². The minimum absolute atomic E-state index is 0.127. The minimum Gasteiger partial charge on any atom is -0.324 e. The first kappa shape index (κ1) is 26.6. The average Bonchev–Trinajstić information content (AvgIpc) is 2.81. The van der Waals surface area contributed by atoms with E-state index < -0.39 is 20.7 Å². The van der Waals surface area contributed by atoms with Crippen LogP contribution in [-0.4, -0.2) is 63.1 Å². The summed E-state index contributed by atoms with van der Waals surface area (Å²) in [5, 5.41) is 6.00. The van der Waals surface area contributed by atoms with E-state index in [1.807, 2.05) is 6.92 Å². The number of aryl methyl sites for hydroxylation is 1. The number of halogens is 1. The topological polar surface area (TPSA) is 138 Å². The smallest absolute Gasteiger partial charge is 0.238 e.